The lowest BCUT2D eigenvalue weighted by Gasteiger charge is -2.17. The SMILES string of the molecule is NC(=O)[C@H](Cc1ccc(Br)cc1)NC(=O)c1c2ccccc2nc2ccccc12. The number of nitrogens with two attached hydrogens (primary N) is 1. The fourth-order valence-corrected chi connectivity index (χ4v) is 3.66. The third-order valence-corrected chi connectivity index (χ3v) is 5.35. The zero-order chi connectivity index (χ0) is 20.4. The summed E-state index contributed by atoms with van der Waals surface area (Å²) in [5, 5.41) is 4.29. The fourth-order valence-electron chi connectivity index (χ4n) is 3.39. The number of halogens is 1. The Hall–Kier alpha value is -3.25. The van der Waals surface area contributed by atoms with Crippen LogP contribution in [-0.4, -0.2) is 22.8 Å². The first kappa shape index (κ1) is 19.1. The molecule has 0 bridgehead atoms. The molecule has 1 heterocycles. The number of carbonyl (C=O) groups excluding carboxylic acids is 2. The Morgan fingerprint density at radius 3 is 2.00 bits per heavy atom. The van der Waals surface area contributed by atoms with E-state index in [0.29, 0.717) is 12.0 Å². The van der Waals surface area contributed by atoms with Crippen LogP contribution < -0.4 is 11.1 Å². The topological polar surface area (TPSA) is 85.1 Å². The highest BCUT2D eigenvalue weighted by molar-refractivity contribution is 9.10. The maximum absolute atomic E-state index is 13.3. The minimum absolute atomic E-state index is 0.315. The van der Waals surface area contributed by atoms with Crippen molar-refractivity contribution in [3.05, 3.63) is 88.4 Å². The summed E-state index contributed by atoms with van der Waals surface area (Å²) < 4.78 is 0.940. The average Bonchev–Trinajstić information content (AvgIpc) is 2.72. The summed E-state index contributed by atoms with van der Waals surface area (Å²) in [4.78, 5) is 30.0. The quantitative estimate of drug-likeness (QED) is 0.453. The van der Waals surface area contributed by atoms with E-state index in [1.54, 1.807) is 0 Å². The molecule has 0 radical (unpaired) electrons. The molecule has 1 atom stereocenters. The Balaban J connectivity index is 1.73. The van der Waals surface area contributed by atoms with Crippen molar-refractivity contribution in [1.29, 1.82) is 0 Å². The zero-order valence-electron chi connectivity index (χ0n) is 15.4. The van der Waals surface area contributed by atoms with Crippen LogP contribution in [0.25, 0.3) is 21.8 Å². The summed E-state index contributed by atoms with van der Waals surface area (Å²) in [5.41, 5.74) is 8.43. The van der Waals surface area contributed by atoms with E-state index in [2.05, 4.69) is 26.2 Å². The van der Waals surface area contributed by atoms with E-state index in [1.807, 2.05) is 72.8 Å². The summed E-state index contributed by atoms with van der Waals surface area (Å²) in [5.74, 6) is -0.926. The Morgan fingerprint density at radius 1 is 0.897 bits per heavy atom. The molecule has 0 aliphatic carbocycles. The number of para-hydroxylation sites is 2. The number of pyridine rings is 1. The van der Waals surface area contributed by atoms with Crippen molar-refractivity contribution in [2.24, 2.45) is 5.73 Å². The van der Waals surface area contributed by atoms with Crippen LogP contribution >= 0.6 is 15.9 Å². The molecule has 0 saturated heterocycles. The maximum atomic E-state index is 13.3. The highest BCUT2D eigenvalue weighted by Gasteiger charge is 2.22. The summed E-state index contributed by atoms with van der Waals surface area (Å²) >= 11 is 3.39. The number of hydrogen-bond donors (Lipinski definition) is 2. The van der Waals surface area contributed by atoms with Crippen LogP contribution in [-0.2, 0) is 11.2 Å². The van der Waals surface area contributed by atoms with Crippen molar-refractivity contribution in [3.63, 3.8) is 0 Å². The molecule has 5 nitrogen and oxygen atoms in total. The van der Waals surface area contributed by atoms with E-state index in [1.165, 1.54) is 0 Å². The van der Waals surface area contributed by atoms with E-state index in [-0.39, 0.29) is 5.91 Å². The van der Waals surface area contributed by atoms with Crippen LogP contribution in [0, 0.1) is 0 Å². The number of amides is 2. The van der Waals surface area contributed by atoms with Gasteiger partial charge in [0.25, 0.3) is 5.91 Å². The number of rotatable bonds is 5. The summed E-state index contributed by atoms with van der Waals surface area (Å²) in [7, 11) is 0. The number of primary amides is 1. The van der Waals surface area contributed by atoms with Crippen molar-refractivity contribution in [2.45, 2.75) is 12.5 Å². The molecular formula is C23H18BrN3O2. The number of aromatic nitrogens is 1. The fraction of sp³-hybridized carbons (Fsp3) is 0.0870. The molecule has 0 aliphatic rings. The van der Waals surface area contributed by atoms with Gasteiger partial charge < -0.3 is 11.1 Å². The second-order valence-corrected chi connectivity index (χ2v) is 7.70. The van der Waals surface area contributed by atoms with Gasteiger partial charge in [-0.15, -0.1) is 0 Å². The van der Waals surface area contributed by atoms with Crippen LogP contribution in [0.5, 0.6) is 0 Å². The maximum Gasteiger partial charge on any atom is 0.253 e. The van der Waals surface area contributed by atoms with Crippen molar-refractivity contribution in [3.8, 4) is 0 Å². The number of nitrogens with one attached hydrogen (secondary N) is 1. The van der Waals surface area contributed by atoms with Gasteiger partial charge in [-0.2, -0.15) is 0 Å². The lowest BCUT2D eigenvalue weighted by molar-refractivity contribution is -0.119. The second kappa shape index (κ2) is 8.01. The summed E-state index contributed by atoms with van der Waals surface area (Å²) in [6.07, 6.45) is 0.315. The second-order valence-electron chi connectivity index (χ2n) is 6.78. The van der Waals surface area contributed by atoms with Gasteiger partial charge in [-0.3, -0.25) is 9.59 Å². The lowest BCUT2D eigenvalue weighted by atomic mass is 10.0. The van der Waals surface area contributed by atoms with Gasteiger partial charge in [0.15, 0.2) is 0 Å². The van der Waals surface area contributed by atoms with Gasteiger partial charge in [-0.1, -0.05) is 64.5 Å². The largest absolute Gasteiger partial charge is 0.368 e. The van der Waals surface area contributed by atoms with Crippen LogP contribution in [0.2, 0.25) is 0 Å². The molecule has 2 amide bonds. The van der Waals surface area contributed by atoms with Gasteiger partial charge in [0.05, 0.1) is 16.6 Å². The van der Waals surface area contributed by atoms with E-state index in [4.69, 9.17) is 5.73 Å². The molecule has 4 aromatic rings. The van der Waals surface area contributed by atoms with Crippen LogP contribution in [0.3, 0.4) is 0 Å². The predicted octanol–water partition coefficient (Wildman–Crippen LogP) is 3.98. The third kappa shape index (κ3) is 3.98. The number of carbonyl (C=O) groups is 2. The lowest BCUT2D eigenvalue weighted by Crippen LogP contribution is -2.46. The minimum Gasteiger partial charge on any atom is -0.368 e. The van der Waals surface area contributed by atoms with E-state index in [9.17, 15) is 9.59 Å². The number of benzene rings is 3. The Labute approximate surface area is 176 Å². The normalized spacial score (nSPS) is 12.0. The Bertz CT molecular complexity index is 1170. The van der Waals surface area contributed by atoms with Gasteiger partial charge in [-0.25, -0.2) is 4.98 Å². The molecule has 0 aliphatic heterocycles. The molecule has 4 rings (SSSR count). The van der Waals surface area contributed by atoms with E-state index < -0.39 is 11.9 Å². The smallest absolute Gasteiger partial charge is 0.253 e. The first-order valence-corrected chi connectivity index (χ1v) is 9.94. The predicted molar refractivity (Wildman–Crippen MR) is 118 cm³/mol. The van der Waals surface area contributed by atoms with Crippen molar-refractivity contribution in [2.75, 3.05) is 0 Å². The Kier molecular flexibility index (Phi) is 5.27. The van der Waals surface area contributed by atoms with Gasteiger partial charge >= 0.3 is 0 Å². The molecule has 1 aromatic heterocycles. The van der Waals surface area contributed by atoms with Gasteiger partial charge in [0.2, 0.25) is 5.91 Å². The molecular weight excluding hydrogens is 430 g/mol. The standard InChI is InChI=1S/C23H18BrN3O2/c24-15-11-9-14(10-12-15)13-20(22(25)28)27-23(29)21-16-5-1-3-7-18(16)26-19-8-4-2-6-17(19)21/h1-12,20H,13H2,(H2,25,28)(H,27,29)/t20-/m0/s1. The minimum atomic E-state index is -0.825. The average molecular weight is 448 g/mol. The van der Waals surface area contributed by atoms with Crippen LogP contribution in [0.1, 0.15) is 15.9 Å². The molecule has 3 N–H and O–H groups in total. The zero-order valence-corrected chi connectivity index (χ0v) is 17.0. The van der Waals surface area contributed by atoms with Gasteiger partial charge in [0.1, 0.15) is 6.04 Å². The number of hydrogen-bond acceptors (Lipinski definition) is 3. The molecule has 3 aromatic carbocycles. The highest BCUT2D eigenvalue weighted by Crippen LogP contribution is 2.26. The van der Waals surface area contributed by atoms with Gasteiger partial charge in [0, 0.05) is 21.7 Å². The van der Waals surface area contributed by atoms with Crippen LogP contribution in [0.4, 0.5) is 0 Å². The molecule has 6 heteroatoms. The van der Waals surface area contributed by atoms with E-state index >= 15 is 0 Å². The Morgan fingerprint density at radius 2 is 1.45 bits per heavy atom. The molecule has 0 spiro atoms. The molecule has 0 saturated carbocycles. The monoisotopic (exact) mass is 447 g/mol. The van der Waals surface area contributed by atoms with Crippen LogP contribution in [0.15, 0.2) is 77.3 Å². The van der Waals surface area contributed by atoms with Crippen molar-refractivity contribution < 1.29 is 9.59 Å². The molecule has 144 valence electrons. The third-order valence-electron chi connectivity index (χ3n) is 4.82. The number of fused-ring (bicyclic) bond motifs is 2. The van der Waals surface area contributed by atoms with Gasteiger partial charge in [-0.05, 0) is 29.8 Å². The highest BCUT2D eigenvalue weighted by atomic mass is 79.9. The molecule has 0 fully saturated rings. The van der Waals surface area contributed by atoms with Crippen molar-refractivity contribution in [1.82, 2.24) is 10.3 Å². The first-order valence-electron chi connectivity index (χ1n) is 9.15. The molecule has 0 unspecified atom stereocenters. The molecule has 29 heavy (non-hydrogen) atoms. The van der Waals surface area contributed by atoms with E-state index in [0.717, 1.165) is 31.8 Å². The summed E-state index contributed by atoms with van der Waals surface area (Å²) in [6, 6.07) is 21.7. The summed E-state index contributed by atoms with van der Waals surface area (Å²) in [6.45, 7) is 0. The first-order chi connectivity index (χ1) is 14.0. The van der Waals surface area contributed by atoms with Crippen molar-refractivity contribution >= 4 is 49.6 Å². The number of nitrogens with zero attached hydrogens (tertiary/aromatic N) is 1.